The Morgan fingerprint density at radius 1 is 1.00 bits per heavy atom. The van der Waals surface area contributed by atoms with Gasteiger partial charge in [-0.2, -0.15) is 5.10 Å². The molecular formula is C28H29N3O2. The lowest BCUT2D eigenvalue weighted by Gasteiger charge is -2.26. The molecular weight excluding hydrogens is 410 g/mol. The molecule has 0 unspecified atom stereocenters. The number of morpholine rings is 1. The molecule has 1 aromatic heterocycles. The number of fused-ring (bicyclic) bond motifs is 1. The van der Waals surface area contributed by atoms with Crippen LogP contribution >= 0.6 is 0 Å². The molecule has 5 nitrogen and oxygen atoms in total. The molecule has 0 radical (unpaired) electrons. The number of H-pyrrole nitrogens is 1. The van der Waals surface area contributed by atoms with Gasteiger partial charge in [0.25, 0.3) is 0 Å². The first-order valence-corrected chi connectivity index (χ1v) is 11.6. The van der Waals surface area contributed by atoms with Gasteiger partial charge in [-0.1, -0.05) is 54.6 Å². The molecule has 2 heterocycles. The highest BCUT2D eigenvalue weighted by Crippen LogP contribution is 2.22. The Kier molecular flexibility index (Phi) is 6.80. The number of para-hydroxylation sites is 1. The number of benzene rings is 2. The summed E-state index contributed by atoms with van der Waals surface area (Å²) in [6, 6.07) is 16.7. The fraction of sp³-hybridized carbons (Fsp3) is 0.250. The van der Waals surface area contributed by atoms with Gasteiger partial charge in [0.05, 0.1) is 24.6 Å². The topological polar surface area (TPSA) is 50.4 Å². The van der Waals surface area contributed by atoms with Crippen LogP contribution < -0.4 is 4.74 Å². The number of nitrogens with zero attached hydrogens (tertiary/aromatic N) is 2. The minimum absolute atomic E-state index is 0.669. The van der Waals surface area contributed by atoms with Crippen LogP contribution in [0.25, 0.3) is 30.4 Å². The Morgan fingerprint density at radius 3 is 2.85 bits per heavy atom. The van der Waals surface area contributed by atoms with Crippen LogP contribution in [-0.2, 0) is 11.2 Å². The van der Waals surface area contributed by atoms with Crippen molar-refractivity contribution in [2.24, 2.45) is 0 Å². The van der Waals surface area contributed by atoms with E-state index in [2.05, 4.69) is 63.7 Å². The van der Waals surface area contributed by atoms with Crippen LogP contribution in [0.15, 0.2) is 54.6 Å². The molecule has 0 atom stereocenters. The SMILES string of the molecule is C1=Cc2ccc(/C=C/c3cc(/C=C/c4ccccc4OCCN4CCOCC4)[nH]n3)cc2C1. The molecule has 1 aliphatic heterocycles. The van der Waals surface area contributed by atoms with E-state index >= 15 is 0 Å². The summed E-state index contributed by atoms with van der Waals surface area (Å²) in [5.41, 5.74) is 6.82. The van der Waals surface area contributed by atoms with Crippen molar-refractivity contribution in [2.45, 2.75) is 6.42 Å². The molecule has 168 valence electrons. The van der Waals surface area contributed by atoms with Gasteiger partial charge in [-0.25, -0.2) is 0 Å². The zero-order valence-electron chi connectivity index (χ0n) is 18.7. The average molecular weight is 440 g/mol. The van der Waals surface area contributed by atoms with E-state index < -0.39 is 0 Å². The number of hydrogen-bond acceptors (Lipinski definition) is 4. The third kappa shape index (κ3) is 5.69. The Bertz CT molecular complexity index is 1170. The van der Waals surface area contributed by atoms with Crippen molar-refractivity contribution in [3.63, 3.8) is 0 Å². The quantitative estimate of drug-likeness (QED) is 0.535. The fourth-order valence-corrected chi connectivity index (χ4v) is 4.13. The molecule has 5 heteroatoms. The molecule has 5 rings (SSSR count). The first-order valence-electron chi connectivity index (χ1n) is 11.6. The van der Waals surface area contributed by atoms with E-state index in [0.717, 1.165) is 62.0 Å². The lowest BCUT2D eigenvalue weighted by atomic mass is 10.1. The highest BCUT2D eigenvalue weighted by molar-refractivity contribution is 5.74. The highest BCUT2D eigenvalue weighted by atomic mass is 16.5. The summed E-state index contributed by atoms with van der Waals surface area (Å²) in [6.07, 6.45) is 13.7. The summed E-state index contributed by atoms with van der Waals surface area (Å²) in [5.74, 6) is 0.896. The third-order valence-electron chi connectivity index (χ3n) is 6.00. The summed E-state index contributed by atoms with van der Waals surface area (Å²) in [6.45, 7) is 5.16. The molecule has 0 amide bonds. The summed E-state index contributed by atoms with van der Waals surface area (Å²) in [4.78, 5) is 2.38. The second-order valence-corrected chi connectivity index (χ2v) is 8.32. The first kappa shape index (κ1) is 21.4. The lowest BCUT2D eigenvalue weighted by Crippen LogP contribution is -2.38. The second kappa shape index (κ2) is 10.5. The van der Waals surface area contributed by atoms with Gasteiger partial charge >= 0.3 is 0 Å². The van der Waals surface area contributed by atoms with Crippen molar-refractivity contribution in [2.75, 3.05) is 39.5 Å². The fourth-order valence-electron chi connectivity index (χ4n) is 4.13. The van der Waals surface area contributed by atoms with E-state index in [1.165, 1.54) is 16.7 Å². The zero-order chi connectivity index (χ0) is 22.3. The van der Waals surface area contributed by atoms with E-state index in [-0.39, 0.29) is 0 Å². The Labute approximate surface area is 195 Å². The predicted octanol–water partition coefficient (Wildman–Crippen LogP) is 5.03. The molecule has 2 aliphatic rings. The molecule has 1 aliphatic carbocycles. The largest absolute Gasteiger partial charge is 0.492 e. The maximum absolute atomic E-state index is 6.08. The van der Waals surface area contributed by atoms with Crippen molar-refractivity contribution >= 4 is 30.4 Å². The first-order chi connectivity index (χ1) is 16.3. The Hall–Kier alpha value is -3.41. The van der Waals surface area contributed by atoms with Crippen LogP contribution in [0.1, 0.15) is 33.6 Å². The number of allylic oxidation sites excluding steroid dienone is 1. The van der Waals surface area contributed by atoms with Gasteiger partial charge in [-0.15, -0.1) is 0 Å². The monoisotopic (exact) mass is 439 g/mol. The smallest absolute Gasteiger partial charge is 0.126 e. The normalized spacial score (nSPS) is 16.1. The van der Waals surface area contributed by atoms with Crippen molar-refractivity contribution in [1.82, 2.24) is 15.1 Å². The number of aromatic nitrogens is 2. The predicted molar refractivity (Wildman–Crippen MR) is 135 cm³/mol. The van der Waals surface area contributed by atoms with Crippen LogP contribution in [0.4, 0.5) is 0 Å². The summed E-state index contributed by atoms with van der Waals surface area (Å²) < 4.78 is 11.5. The van der Waals surface area contributed by atoms with Crippen LogP contribution in [0.2, 0.25) is 0 Å². The Morgan fingerprint density at radius 2 is 1.91 bits per heavy atom. The molecule has 1 saturated heterocycles. The van der Waals surface area contributed by atoms with E-state index in [1.54, 1.807) is 0 Å². The zero-order valence-corrected chi connectivity index (χ0v) is 18.7. The minimum atomic E-state index is 0.669. The van der Waals surface area contributed by atoms with Crippen LogP contribution in [-0.4, -0.2) is 54.6 Å². The van der Waals surface area contributed by atoms with Gasteiger partial charge in [0, 0.05) is 25.2 Å². The van der Waals surface area contributed by atoms with Gasteiger partial charge in [-0.05, 0) is 53.5 Å². The van der Waals surface area contributed by atoms with Gasteiger partial charge in [-0.3, -0.25) is 10.00 Å². The number of aromatic amines is 1. The third-order valence-corrected chi connectivity index (χ3v) is 6.00. The van der Waals surface area contributed by atoms with Crippen molar-refractivity contribution in [3.8, 4) is 5.75 Å². The molecule has 0 bridgehead atoms. The number of hydrogen-bond donors (Lipinski definition) is 1. The maximum Gasteiger partial charge on any atom is 0.126 e. The number of nitrogens with one attached hydrogen (secondary N) is 1. The van der Waals surface area contributed by atoms with Crippen molar-refractivity contribution < 1.29 is 9.47 Å². The van der Waals surface area contributed by atoms with Crippen LogP contribution in [0, 0.1) is 0 Å². The van der Waals surface area contributed by atoms with Gasteiger partial charge < -0.3 is 9.47 Å². The molecule has 0 spiro atoms. The van der Waals surface area contributed by atoms with Crippen molar-refractivity contribution in [3.05, 3.63) is 88.2 Å². The van der Waals surface area contributed by atoms with Gasteiger partial charge in [0.2, 0.25) is 0 Å². The van der Waals surface area contributed by atoms with Crippen LogP contribution in [0.3, 0.4) is 0 Å². The van der Waals surface area contributed by atoms with Gasteiger partial charge in [0.15, 0.2) is 0 Å². The van der Waals surface area contributed by atoms with Crippen molar-refractivity contribution in [1.29, 1.82) is 0 Å². The molecule has 0 saturated carbocycles. The molecule has 1 N–H and O–H groups in total. The van der Waals surface area contributed by atoms with E-state index in [4.69, 9.17) is 9.47 Å². The molecule has 2 aromatic carbocycles. The number of rotatable bonds is 8. The van der Waals surface area contributed by atoms with Crippen LogP contribution in [0.5, 0.6) is 5.75 Å². The van der Waals surface area contributed by atoms with E-state index in [0.29, 0.717) is 6.61 Å². The summed E-state index contributed by atoms with van der Waals surface area (Å²) >= 11 is 0. The van der Waals surface area contributed by atoms with E-state index in [1.807, 2.05) is 36.4 Å². The highest BCUT2D eigenvalue weighted by Gasteiger charge is 2.10. The summed E-state index contributed by atoms with van der Waals surface area (Å²) in [5, 5.41) is 7.52. The second-order valence-electron chi connectivity index (χ2n) is 8.32. The standard InChI is InChI=1S/C28H29N3O2/c1-2-7-28(33-19-16-31-14-17-32-18-15-31)24(4-1)11-13-27-21-26(29-30-27)12-9-22-8-10-23-5-3-6-25(23)20-22/h1-5,7-13,20-21H,6,14-19H2,(H,29,30)/b12-9+,13-11+. The van der Waals surface area contributed by atoms with Gasteiger partial charge in [0.1, 0.15) is 12.4 Å². The Balaban J connectivity index is 1.19. The molecule has 1 fully saturated rings. The maximum atomic E-state index is 6.08. The molecule has 3 aromatic rings. The average Bonchev–Trinajstić information content (AvgIpc) is 3.52. The minimum Gasteiger partial charge on any atom is -0.492 e. The summed E-state index contributed by atoms with van der Waals surface area (Å²) in [7, 11) is 0. The van der Waals surface area contributed by atoms with E-state index in [9.17, 15) is 0 Å². The molecule has 33 heavy (non-hydrogen) atoms. The lowest BCUT2D eigenvalue weighted by molar-refractivity contribution is 0.0322. The number of ether oxygens (including phenoxy) is 2.